The predicted molar refractivity (Wildman–Crippen MR) is 160 cm³/mol. The zero-order chi connectivity index (χ0) is 34.3. The fourth-order valence-corrected chi connectivity index (χ4v) is 5.61. The van der Waals surface area contributed by atoms with Gasteiger partial charge in [0.1, 0.15) is 24.9 Å². The summed E-state index contributed by atoms with van der Waals surface area (Å²) in [6.45, 7) is 2.22. The van der Waals surface area contributed by atoms with Crippen LogP contribution >= 0.6 is 0 Å². The van der Waals surface area contributed by atoms with E-state index < -0.39 is 55.4 Å². The van der Waals surface area contributed by atoms with Gasteiger partial charge in [-0.25, -0.2) is 4.79 Å². The maximum atomic E-state index is 12.5. The summed E-state index contributed by atoms with van der Waals surface area (Å²) in [4.78, 5) is 25.8. The van der Waals surface area contributed by atoms with Gasteiger partial charge in [-0.1, -0.05) is 18.2 Å². The third-order valence-corrected chi connectivity index (χ3v) is 7.78. The smallest absolute Gasteiger partial charge is 0.422 e. The van der Waals surface area contributed by atoms with E-state index in [9.17, 15) is 43.2 Å². The minimum atomic E-state index is -4.46. The fraction of sp³-hybridized carbons (Fsp3) is 0.548. The van der Waals surface area contributed by atoms with Crippen LogP contribution in [-0.2, 0) is 27.1 Å². The van der Waals surface area contributed by atoms with Crippen LogP contribution in [-0.4, -0.2) is 115 Å². The number of nitrogens with two attached hydrogens (primary N) is 1. The van der Waals surface area contributed by atoms with Gasteiger partial charge >= 0.3 is 12.1 Å². The number of hydrogen-bond acceptors (Lipinski definition) is 11. The number of nitrogens with one attached hydrogen (secondary N) is 1. The Morgan fingerprint density at radius 3 is 2.45 bits per heavy atom. The van der Waals surface area contributed by atoms with Gasteiger partial charge < -0.3 is 55.3 Å². The second-order valence-electron chi connectivity index (χ2n) is 11.5. The monoisotopic (exact) mass is 671 g/mol. The summed E-state index contributed by atoms with van der Waals surface area (Å²) < 4.78 is 58.7. The molecule has 1 fully saturated rings. The molecule has 2 heterocycles. The molecular formula is C31H40F3N3O10. The second-order valence-corrected chi connectivity index (χ2v) is 11.5. The summed E-state index contributed by atoms with van der Waals surface area (Å²) in [5.41, 5.74) is 8.70. The molecule has 6 atom stereocenters. The lowest BCUT2D eigenvalue weighted by molar-refractivity contribution is -0.294. The van der Waals surface area contributed by atoms with Crippen molar-refractivity contribution in [2.45, 2.75) is 69.1 Å². The first kappa shape index (κ1) is 36.2. The molecule has 1 saturated heterocycles. The number of carboxylic acid groups (broad SMARTS) is 1. The Hall–Kier alpha value is -3.67. The van der Waals surface area contributed by atoms with Crippen LogP contribution < -0.4 is 25.4 Å². The van der Waals surface area contributed by atoms with E-state index in [2.05, 4.69) is 5.32 Å². The van der Waals surface area contributed by atoms with Crippen molar-refractivity contribution in [3.8, 4) is 11.5 Å². The largest absolute Gasteiger partial charge is 0.488 e. The first-order valence-corrected chi connectivity index (χ1v) is 15.1. The van der Waals surface area contributed by atoms with E-state index in [1.807, 2.05) is 17.9 Å². The molecule has 2 aromatic rings. The number of para-hydroxylation sites is 2. The van der Waals surface area contributed by atoms with E-state index in [-0.39, 0.29) is 30.8 Å². The maximum Gasteiger partial charge on any atom is 0.422 e. The molecule has 0 aromatic heterocycles. The molecule has 0 spiro atoms. The Morgan fingerprint density at radius 1 is 1.09 bits per heavy atom. The SMILES string of the molecule is C[C@H](Cc1cc2c(c(C(N)=O)c1)N(CCCO[C@@H]1OC(C(=O)O)[C@@H](O)C(O)C1O)CC2)NCCOc1ccccc1OCC(F)(F)F. The number of ether oxygens (including phenoxy) is 4. The number of nitrogens with zero attached hydrogens (tertiary/aromatic N) is 1. The summed E-state index contributed by atoms with van der Waals surface area (Å²) in [6, 6.07) is 9.87. The molecule has 2 aromatic carbocycles. The quantitative estimate of drug-likeness (QED) is 0.139. The van der Waals surface area contributed by atoms with E-state index in [0.29, 0.717) is 44.5 Å². The van der Waals surface area contributed by atoms with Gasteiger partial charge in [0.25, 0.3) is 5.91 Å². The molecule has 47 heavy (non-hydrogen) atoms. The number of carbonyl (C=O) groups excluding carboxylic acids is 1. The highest BCUT2D eigenvalue weighted by Crippen LogP contribution is 2.34. The van der Waals surface area contributed by atoms with Crippen LogP contribution in [0.25, 0.3) is 0 Å². The van der Waals surface area contributed by atoms with Crippen LogP contribution in [0.4, 0.5) is 18.9 Å². The number of carbonyl (C=O) groups is 2. The second kappa shape index (κ2) is 16.0. The number of rotatable bonds is 16. The lowest BCUT2D eigenvalue weighted by atomic mass is 9.98. The predicted octanol–water partition coefficient (Wildman–Crippen LogP) is 0.988. The van der Waals surface area contributed by atoms with Gasteiger partial charge in [-0.2, -0.15) is 13.2 Å². The Morgan fingerprint density at radius 2 is 1.79 bits per heavy atom. The number of halogens is 3. The summed E-state index contributed by atoms with van der Waals surface area (Å²) in [7, 11) is 0. The van der Waals surface area contributed by atoms with Crippen LogP contribution in [0.1, 0.15) is 34.8 Å². The van der Waals surface area contributed by atoms with Gasteiger partial charge in [0, 0.05) is 25.7 Å². The highest BCUT2D eigenvalue weighted by molar-refractivity contribution is 6.00. The van der Waals surface area contributed by atoms with E-state index >= 15 is 0 Å². The molecule has 260 valence electrons. The normalized spacial score (nSPS) is 23.3. The molecule has 2 aliphatic rings. The number of aliphatic hydroxyl groups excluding tert-OH is 3. The van der Waals surface area contributed by atoms with Crippen molar-refractivity contribution in [2.24, 2.45) is 5.73 Å². The molecule has 0 radical (unpaired) electrons. The number of carboxylic acids is 1. The number of aliphatic hydroxyl groups is 3. The minimum Gasteiger partial charge on any atom is -0.488 e. The molecule has 4 rings (SSSR count). The van der Waals surface area contributed by atoms with Gasteiger partial charge in [0.15, 0.2) is 30.5 Å². The van der Waals surface area contributed by atoms with Crippen molar-refractivity contribution >= 4 is 17.6 Å². The van der Waals surface area contributed by atoms with E-state index in [4.69, 9.17) is 24.7 Å². The van der Waals surface area contributed by atoms with Gasteiger partial charge in [-0.05, 0) is 55.5 Å². The van der Waals surface area contributed by atoms with Crippen LogP contribution in [0.2, 0.25) is 0 Å². The Bertz CT molecular complexity index is 1380. The molecule has 0 bridgehead atoms. The highest BCUT2D eigenvalue weighted by Gasteiger charge is 2.47. The molecule has 16 heteroatoms. The molecular weight excluding hydrogens is 631 g/mol. The van der Waals surface area contributed by atoms with Gasteiger partial charge in [0.05, 0.1) is 17.9 Å². The Balaban J connectivity index is 1.27. The van der Waals surface area contributed by atoms with E-state index in [1.165, 1.54) is 12.1 Å². The number of benzene rings is 2. The van der Waals surface area contributed by atoms with E-state index in [0.717, 1.165) is 16.8 Å². The number of hydrogen-bond donors (Lipinski definition) is 6. The number of alkyl halides is 3. The van der Waals surface area contributed by atoms with Gasteiger partial charge in [0.2, 0.25) is 0 Å². The zero-order valence-corrected chi connectivity index (χ0v) is 25.7. The third-order valence-electron chi connectivity index (χ3n) is 7.78. The van der Waals surface area contributed by atoms with Crippen LogP contribution in [0.5, 0.6) is 11.5 Å². The summed E-state index contributed by atoms with van der Waals surface area (Å²) in [5, 5.41) is 42.4. The summed E-state index contributed by atoms with van der Waals surface area (Å²) in [6.07, 6.45) is -11.2. The van der Waals surface area contributed by atoms with Crippen molar-refractivity contribution in [1.29, 1.82) is 0 Å². The number of fused-ring (bicyclic) bond motifs is 1. The first-order chi connectivity index (χ1) is 22.2. The number of primary amides is 1. The number of anilines is 1. The van der Waals surface area contributed by atoms with Gasteiger partial charge in [-0.15, -0.1) is 0 Å². The third kappa shape index (κ3) is 9.68. The van der Waals surface area contributed by atoms with Gasteiger partial charge in [-0.3, -0.25) is 4.79 Å². The lowest BCUT2D eigenvalue weighted by Crippen LogP contribution is -2.60. The summed E-state index contributed by atoms with van der Waals surface area (Å²) >= 11 is 0. The van der Waals surface area contributed by atoms with Crippen LogP contribution in [0.3, 0.4) is 0 Å². The van der Waals surface area contributed by atoms with Crippen molar-refractivity contribution in [2.75, 3.05) is 44.4 Å². The van der Waals surface area contributed by atoms with Crippen molar-refractivity contribution in [3.63, 3.8) is 0 Å². The number of aliphatic carboxylic acids is 1. The standard InChI is InChI=1S/C31H40F3N3O10/c1-17(36-8-12-44-21-5-2-3-6-22(21)46-16-31(32,33)34)13-18-14-19-7-10-37(23(19)20(15-18)28(35)41)9-4-11-45-30-26(40)24(38)25(39)27(47-30)29(42)43/h2-3,5-6,14-15,17,24-27,30,36,38-40H,4,7-13,16H2,1H3,(H2,35,41)(H,42,43)/t17-,24?,25+,26?,27?,30-/m1/s1. The van der Waals surface area contributed by atoms with Crippen LogP contribution in [0.15, 0.2) is 36.4 Å². The first-order valence-electron chi connectivity index (χ1n) is 15.1. The molecule has 13 nitrogen and oxygen atoms in total. The lowest BCUT2D eigenvalue weighted by Gasteiger charge is -2.38. The fourth-order valence-electron chi connectivity index (χ4n) is 5.61. The summed E-state index contributed by atoms with van der Waals surface area (Å²) in [5.74, 6) is -1.88. The Kier molecular flexibility index (Phi) is 12.3. The molecule has 0 aliphatic carbocycles. The topological polar surface area (TPSA) is 193 Å². The van der Waals surface area contributed by atoms with Crippen molar-refractivity contribution in [1.82, 2.24) is 5.32 Å². The number of amides is 1. The van der Waals surface area contributed by atoms with Crippen molar-refractivity contribution in [3.05, 3.63) is 53.1 Å². The molecule has 3 unspecified atom stereocenters. The Labute approximate surface area is 269 Å². The minimum absolute atomic E-state index is 0.00283. The highest BCUT2D eigenvalue weighted by atomic mass is 19.4. The van der Waals surface area contributed by atoms with Crippen LogP contribution in [0, 0.1) is 0 Å². The zero-order valence-electron chi connectivity index (χ0n) is 25.7. The van der Waals surface area contributed by atoms with Crippen molar-refractivity contribution < 1.29 is 62.1 Å². The molecule has 2 aliphatic heterocycles. The molecule has 7 N–H and O–H groups in total. The molecule has 0 saturated carbocycles. The maximum absolute atomic E-state index is 12.5. The van der Waals surface area contributed by atoms with E-state index in [1.54, 1.807) is 18.2 Å². The molecule has 1 amide bonds. The average Bonchev–Trinajstić information content (AvgIpc) is 3.42. The average molecular weight is 672 g/mol.